The molecule has 0 aliphatic rings. The number of halogens is 1. The smallest absolute Gasteiger partial charge is 0.0399 e. The fraction of sp³-hybridized carbons (Fsp3) is 0.500. The van der Waals surface area contributed by atoms with Crippen molar-refractivity contribution in [2.24, 2.45) is 0 Å². The molecule has 2 heteroatoms. The van der Waals surface area contributed by atoms with Gasteiger partial charge in [-0.05, 0) is 44.0 Å². The highest BCUT2D eigenvalue weighted by Crippen LogP contribution is 2.24. The quantitative estimate of drug-likeness (QED) is 0.790. The molecule has 1 rings (SSSR count). The van der Waals surface area contributed by atoms with Gasteiger partial charge in [0.25, 0.3) is 0 Å². The maximum absolute atomic E-state index is 3.51. The largest absolute Gasteiger partial charge is 0.372 e. The van der Waals surface area contributed by atoms with E-state index in [1.54, 1.807) is 0 Å². The minimum Gasteiger partial charge on any atom is -0.372 e. The molecule has 0 saturated heterocycles. The molecule has 0 aromatic heterocycles. The Labute approximate surface area is 95.2 Å². The Kier molecular flexibility index (Phi) is 4.46. The summed E-state index contributed by atoms with van der Waals surface area (Å²) in [5, 5.41) is 0. The van der Waals surface area contributed by atoms with Gasteiger partial charge in [0.05, 0.1) is 0 Å². The maximum atomic E-state index is 3.51. The standard InChI is InChI=1S/C12H18BrN/c1-4-10-9-11(13)7-8-12(10)14(5-2)6-3/h7-9H,4-6H2,1-3H3. The van der Waals surface area contributed by atoms with E-state index in [-0.39, 0.29) is 0 Å². The normalized spacial score (nSPS) is 10.3. The van der Waals surface area contributed by atoms with Gasteiger partial charge in [-0.25, -0.2) is 0 Å². The van der Waals surface area contributed by atoms with Crippen LogP contribution >= 0.6 is 15.9 Å². The molecule has 1 aromatic carbocycles. The Morgan fingerprint density at radius 2 is 1.79 bits per heavy atom. The van der Waals surface area contributed by atoms with Gasteiger partial charge in [-0.15, -0.1) is 0 Å². The second-order valence-corrected chi connectivity index (χ2v) is 4.21. The first-order chi connectivity index (χ1) is 6.72. The van der Waals surface area contributed by atoms with E-state index in [9.17, 15) is 0 Å². The van der Waals surface area contributed by atoms with Gasteiger partial charge in [-0.3, -0.25) is 0 Å². The summed E-state index contributed by atoms with van der Waals surface area (Å²) in [6, 6.07) is 6.54. The number of rotatable bonds is 4. The van der Waals surface area contributed by atoms with Crippen molar-refractivity contribution in [3.05, 3.63) is 28.2 Å². The number of hydrogen-bond acceptors (Lipinski definition) is 1. The molecular formula is C12H18BrN. The molecule has 0 spiro atoms. The molecule has 1 nitrogen and oxygen atoms in total. The predicted octanol–water partition coefficient (Wildman–Crippen LogP) is 3.86. The fourth-order valence-corrected chi connectivity index (χ4v) is 2.12. The maximum Gasteiger partial charge on any atom is 0.0399 e. The highest BCUT2D eigenvalue weighted by molar-refractivity contribution is 9.10. The number of anilines is 1. The molecule has 0 fully saturated rings. The molecule has 0 saturated carbocycles. The molecule has 14 heavy (non-hydrogen) atoms. The van der Waals surface area contributed by atoms with Crippen LogP contribution in [0.1, 0.15) is 26.3 Å². The Hall–Kier alpha value is -0.500. The molecule has 0 unspecified atom stereocenters. The molecule has 0 aliphatic carbocycles. The van der Waals surface area contributed by atoms with Crippen molar-refractivity contribution in [1.29, 1.82) is 0 Å². The lowest BCUT2D eigenvalue weighted by Crippen LogP contribution is -2.22. The minimum atomic E-state index is 1.07. The van der Waals surface area contributed by atoms with Gasteiger partial charge in [0, 0.05) is 23.2 Å². The SMILES string of the molecule is CCc1cc(Br)ccc1N(CC)CC. The van der Waals surface area contributed by atoms with Crippen LogP contribution in [0.25, 0.3) is 0 Å². The second kappa shape index (κ2) is 5.40. The Morgan fingerprint density at radius 3 is 2.29 bits per heavy atom. The van der Waals surface area contributed by atoms with Gasteiger partial charge in [0.1, 0.15) is 0 Å². The molecule has 0 atom stereocenters. The van der Waals surface area contributed by atoms with Crippen LogP contribution in [0.15, 0.2) is 22.7 Å². The minimum absolute atomic E-state index is 1.07. The van der Waals surface area contributed by atoms with Gasteiger partial charge < -0.3 is 4.90 Å². The lowest BCUT2D eigenvalue weighted by Gasteiger charge is -2.24. The summed E-state index contributed by atoms with van der Waals surface area (Å²) in [5.41, 5.74) is 2.80. The van der Waals surface area contributed by atoms with Crippen molar-refractivity contribution in [1.82, 2.24) is 0 Å². The molecule has 0 aliphatic heterocycles. The first-order valence-electron chi connectivity index (χ1n) is 5.26. The second-order valence-electron chi connectivity index (χ2n) is 3.30. The first kappa shape index (κ1) is 11.6. The van der Waals surface area contributed by atoms with E-state index in [2.05, 4.69) is 59.8 Å². The molecular weight excluding hydrogens is 238 g/mol. The van der Waals surface area contributed by atoms with E-state index in [4.69, 9.17) is 0 Å². The van der Waals surface area contributed by atoms with Crippen LogP contribution in [-0.4, -0.2) is 13.1 Å². The highest BCUT2D eigenvalue weighted by Gasteiger charge is 2.06. The van der Waals surface area contributed by atoms with E-state index in [1.807, 2.05) is 0 Å². The van der Waals surface area contributed by atoms with Crippen LogP contribution in [-0.2, 0) is 6.42 Å². The highest BCUT2D eigenvalue weighted by atomic mass is 79.9. The third-order valence-electron chi connectivity index (χ3n) is 2.53. The van der Waals surface area contributed by atoms with Crippen LogP contribution in [0.4, 0.5) is 5.69 Å². The topological polar surface area (TPSA) is 3.24 Å². The molecule has 0 bridgehead atoms. The van der Waals surface area contributed by atoms with Crippen LogP contribution < -0.4 is 4.90 Å². The predicted molar refractivity (Wildman–Crippen MR) is 67.1 cm³/mol. The summed E-state index contributed by atoms with van der Waals surface area (Å²) in [5.74, 6) is 0. The van der Waals surface area contributed by atoms with Crippen LogP contribution in [0.3, 0.4) is 0 Å². The van der Waals surface area contributed by atoms with Crippen molar-refractivity contribution in [3.8, 4) is 0 Å². The van der Waals surface area contributed by atoms with Gasteiger partial charge >= 0.3 is 0 Å². The summed E-state index contributed by atoms with van der Waals surface area (Å²) < 4.78 is 1.17. The average molecular weight is 256 g/mol. The number of nitrogens with zero attached hydrogens (tertiary/aromatic N) is 1. The van der Waals surface area contributed by atoms with Gasteiger partial charge in [0.2, 0.25) is 0 Å². The van der Waals surface area contributed by atoms with Gasteiger partial charge in [-0.1, -0.05) is 22.9 Å². The summed E-state index contributed by atoms with van der Waals surface area (Å²) in [7, 11) is 0. The number of aryl methyl sites for hydroxylation is 1. The zero-order chi connectivity index (χ0) is 10.6. The zero-order valence-electron chi connectivity index (χ0n) is 9.18. The van der Waals surface area contributed by atoms with Crippen molar-refractivity contribution >= 4 is 21.6 Å². The molecule has 78 valence electrons. The lowest BCUT2D eigenvalue weighted by molar-refractivity contribution is 0.856. The van der Waals surface area contributed by atoms with Gasteiger partial charge in [0.15, 0.2) is 0 Å². The molecule has 0 N–H and O–H groups in total. The van der Waals surface area contributed by atoms with Crippen LogP contribution in [0.2, 0.25) is 0 Å². The first-order valence-corrected chi connectivity index (χ1v) is 6.05. The molecule has 1 aromatic rings. The van der Waals surface area contributed by atoms with E-state index in [1.165, 1.54) is 15.7 Å². The summed E-state index contributed by atoms with van der Waals surface area (Å²) >= 11 is 3.51. The average Bonchev–Trinajstić information content (AvgIpc) is 2.21. The monoisotopic (exact) mass is 255 g/mol. The summed E-state index contributed by atoms with van der Waals surface area (Å²) in [6.45, 7) is 8.75. The van der Waals surface area contributed by atoms with Crippen LogP contribution in [0, 0.1) is 0 Å². The molecule has 0 radical (unpaired) electrons. The fourth-order valence-electron chi connectivity index (χ4n) is 1.71. The Bertz CT molecular complexity index is 292. The van der Waals surface area contributed by atoms with Crippen molar-refractivity contribution < 1.29 is 0 Å². The van der Waals surface area contributed by atoms with E-state index >= 15 is 0 Å². The third-order valence-corrected chi connectivity index (χ3v) is 3.02. The summed E-state index contributed by atoms with van der Waals surface area (Å²) in [4.78, 5) is 2.39. The van der Waals surface area contributed by atoms with Gasteiger partial charge in [-0.2, -0.15) is 0 Å². The van der Waals surface area contributed by atoms with Crippen molar-refractivity contribution in [2.45, 2.75) is 27.2 Å². The Morgan fingerprint density at radius 1 is 1.14 bits per heavy atom. The number of hydrogen-bond donors (Lipinski definition) is 0. The van der Waals surface area contributed by atoms with E-state index < -0.39 is 0 Å². The molecule has 0 amide bonds. The lowest BCUT2D eigenvalue weighted by atomic mass is 10.1. The van der Waals surface area contributed by atoms with Crippen LogP contribution in [0.5, 0.6) is 0 Å². The van der Waals surface area contributed by atoms with E-state index in [0.717, 1.165) is 19.5 Å². The third kappa shape index (κ3) is 2.50. The number of benzene rings is 1. The van der Waals surface area contributed by atoms with E-state index in [0.29, 0.717) is 0 Å². The zero-order valence-corrected chi connectivity index (χ0v) is 10.8. The summed E-state index contributed by atoms with van der Waals surface area (Å²) in [6.07, 6.45) is 1.09. The Balaban J connectivity index is 3.06. The molecule has 0 heterocycles. The van der Waals surface area contributed by atoms with Crippen molar-refractivity contribution in [2.75, 3.05) is 18.0 Å². The van der Waals surface area contributed by atoms with Crippen molar-refractivity contribution in [3.63, 3.8) is 0 Å².